The molecule has 0 saturated heterocycles. The van der Waals surface area contributed by atoms with Crippen molar-refractivity contribution in [2.75, 3.05) is 0 Å². The summed E-state index contributed by atoms with van der Waals surface area (Å²) in [5.41, 5.74) is -1.84. The van der Waals surface area contributed by atoms with E-state index in [0.29, 0.717) is 0 Å². The normalized spacial score (nSPS) is 20.1. The highest BCUT2D eigenvalue weighted by atomic mass is 19.4. The van der Waals surface area contributed by atoms with Crippen LogP contribution in [0, 0.1) is 5.92 Å². The van der Waals surface area contributed by atoms with Crippen LogP contribution in [0.25, 0.3) is 5.69 Å². The molecule has 1 aromatic carbocycles. The molecule has 118 valence electrons. The zero-order valence-corrected chi connectivity index (χ0v) is 11.1. The fraction of sp³-hybridized carbons (Fsp3) is 0.357. The van der Waals surface area contributed by atoms with Crippen molar-refractivity contribution >= 4 is 0 Å². The third-order valence-electron chi connectivity index (χ3n) is 3.65. The summed E-state index contributed by atoms with van der Waals surface area (Å²) in [5.74, 6) is -3.61. The lowest BCUT2D eigenvalue weighted by Gasteiger charge is -2.12. The van der Waals surface area contributed by atoms with Gasteiger partial charge in [0.2, 0.25) is 0 Å². The summed E-state index contributed by atoms with van der Waals surface area (Å²) in [6, 6.07) is 5.65. The van der Waals surface area contributed by atoms with Crippen molar-refractivity contribution in [1.82, 2.24) is 9.78 Å². The highest BCUT2D eigenvalue weighted by molar-refractivity contribution is 5.42. The van der Waals surface area contributed by atoms with Crippen molar-refractivity contribution in [3.8, 4) is 5.69 Å². The van der Waals surface area contributed by atoms with Gasteiger partial charge in [-0.3, -0.25) is 9.89 Å². The van der Waals surface area contributed by atoms with E-state index in [2.05, 4.69) is 5.10 Å². The zero-order chi connectivity index (χ0) is 16.1. The van der Waals surface area contributed by atoms with Gasteiger partial charge in [0.15, 0.2) is 0 Å². The van der Waals surface area contributed by atoms with Crippen LogP contribution in [0.4, 0.5) is 22.0 Å². The zero-order valence-electron chi connectivity index (χ0n) is 11.1. The maximum Gasteiger partial charge on any atom is 0.418 e. The summed E-state index contributed by atoms with van der Waals surface area (Å²) in [6.45, 7) is 0. The Bertz CT molecular complexity index is 759. The molecule has 22 heavy (non-hydrogen) atoms. The maximum absolute atomic E-state index is 13.0. The van der Waals surface area contributed by atoms with Gasteiger partial charge in [-0.05, 0) is 18.6 Å². The summed E-state index contributed by atoms with van der Waals surface area (Å²) in [7, 11) is 0. The molecule has 0 bridgehead atoms. The number of aromatic nitrogens is 2. The Morgan fingerprint density at radius 1 is 1.27 bits per heavy atom. The Morgan fingerprint density at radius 3 is 2.50 bits per heavy atom. The van der Waals surface area contributed by atoms with Gasteiger partial charge in [-0.25, -0.2) is 13.5 Å². The number of nitrogens with zero attached hydrogens (tertiary/aromatic N) is 1. The minimum atomic E-state index is -4.62. The number of halogens is 5. The van der Waals surface area contributed by atoms with E-state index in [-0.39, 0.29) is 24.2 Å². The molecule has 0 aliphatic heterocycles. The lowest BCUT2D eigenvalue weighted by Crippen LogP contribution is -2.18. The van der Waals surface area contributed by atoms with Gasteiger partial charge < -0.3 is 0 Å². The van der Waals surface area contributed by atoms with Crippen molar-refractivity contribution in [3.63, 3.8) is 0 Å². The summed E-state index contributed by atoms with van der Waals surface area (Å²) in [4.78, 5) is 11.9. The van der Waals surface area contributed by atoms with E-state index in [9.17, 15) is 26.7 Å². The number of rotatable bonds is 3. The number of nitrogens with one attached hydrogen (secondary N) is 1. The third kappa shape index (κ3) is 2.65. The smallest absolute Gasteiger partial charge is 0.295 e. The van der Waals surface area contributed by atoms with Crippen LogP contribution in [0.15, 0.2) is 35.1 Å². The topological polar surface area (TPSA) is 37.8 Å². The predicted molar refractivity (Wildman–Crippen MR) is 68.1 cm³/mol. The van der Waals surface area contributed by atoms with Gasteiger partial charge in [0.05, 0.1) is 11.3 Å². The van der Waals surface area contributed by atoms with Gasteiger partial charge >= 0.3 is 6.18 Å². The first kappa shape index (κ1) is 14.8. The molecule has 1 saturated carbocycles. The molecule has 1 unspecified atom stereocenters. The van der Waals surface area contributed by atoms with Crippen LogP contribution in [0.1, 0.15) is 17.7 Å². The maximum atomic E-state index is 13.0. The molecule has 3 rings (SSSR count). The third-order valence-corrected chi connectivity index (χ3v) is 3.65. The average Bonchev–Trinajstić information content (AvgIpc) is 2.84. The van der Waals surface area contributed by atoms with E-state index in [1.807, 2.05) is 0 Å². The van der Waals surface area contributed by atoms with Gasteiger partial charge in [-0.1, -0.05) is 12.1 Å². The average molecular weight is 318 g/mol. The van der Waals surface area contributed by atoms with E-state index < -0.39 is 29.1 Å². The first-order valence-electron chi connectivity index (χ1n) is 6.54. The Labute approximate surface area is 121 Å². The number of aromatic amines is 1. The second-order valence-electron chi connectivity index (χ2n) is 5.34. The van der Waals surface area contributed by atoms with Crippen molar-refractivity contribution in [3.05, 3.63) is 51.9 Å². The van der Waals surface area contributed by atoms with E-state index in [4.69, 9.17) is 0 Å². The molecule has 1 aromatic heterocycles. The first-order valence-corrected chi connectivity index (χ1v) is 6.54. The minimum Gasteiger partial charge on any atom is -0.295 e. The molecule has 1 N–H and O–H groups in total. The second-order valence-corrected chi connectivity index (χ2v) is 5.34. The van der Waals surface area contributed by atoms with Crippen LogP contribution >= 0.6 is 0 Å². The minimum absolute atomic E-state index is 0.0660. The molecule has 1 fully saturated rings. The second kappa shape index (κ2) is 4.69. The SMILES string of the molecule is O=c1cc(CC2CC2(F)F)[nH]n1-c1ccccc1C(F)(F)F. The Balaban J connectivity index is 1.97. The Hall–Kier alpha value is -2.12. The number of benzene rings is 1. The molecule has 0 spiro atoms. The number of alkyl halides is 5. The first-order chi connectivity index (χ1) is 10.2. The number of hydrogen-bond acceptors (Lipinski definition) is 1. The molecule has 1 aliphatic rings. The predicted octanol–water partition coefficient (Wildman–Crippen LogP) is 3.38. The molecule has 0 radical (unpaired) electrons. The van der Waals surface area contributed by atoms with Gasteiger partial charge in [-0.15, -0.1) is 0 Å². The van der Waals surface area contributed by atoms with E-state index >= 15 is 0 Å². The van der Waals surface area contributed by atoms with Crippen molar-refractivity contribution < 1.29 is 22.0 Å². The molecule has 1 heterocycles. The van der Waals surface area contributed by atoms with Crippen molar-refractivity contribution in [2.45, 2.75) is 24.9 Å². The van der Waals surface area contributed by atoms with Crippen LogP contribution in [-0.4, -0.2) is 15.7 Å². The van der Waals surface area contributed by atoms with Gasteiger partial charge in [0, 0.05) is 24.1 Å². The van der Waals surface area contributed by atoms with Crippen molar-refractivity contribution in [1.29, 1.82) is 0 Å². The Kier molecular flexibility index (Phi) is 3.15. The number of hydrogen-bond donors (Lipinski definition) is 1. The van der Waals surface area contributed by atoms with Crippen molar-refractivity contribution in [2.24, 2.45) is 5.92 Å². The quantitative estimate of drug-likeness (QED) is 0.866. The molecule has 2 aromatic rings. The molecule has 3 nitrogen and oxygen atoms in total. The lowest BCUT2D eigenvalue weighted by atomic mass is 10.2. The van der Waals surface area contributed by atoms with Crippen LogP contribution in [0.2, 0.25) is 0 Å². The number of para-hydroxylation sites is 1. The Morgan fingerprint density at radius 2 is 1.91 bits per heavy atom. The highest BCUT2D eigenvalue weighted by Gasteiger charge is 2.56. The summed E-state index contributed by atoms with van der Waals surface area (Å²) >= 11 is 0. The highest BCUT2D eigenvalue weighted by Crippen LogP contribution is 2.50. The van der Waals surface area contributed by atoms with Crippen LogP contribution in [-0.2, 0) is 12.6 Å². The fourth-order valence-electron chi connectivity index (χ4n) is 2.39. The molecule has 1 atom stereocenters. The summed E-state index contributed by atoms with van der Waals surface area (Å²) in [6.07, 6.45) is -4.95. The summed E-state index contributed by atoms with van der Waals surface area (Å²) < 4.78 is 65.4. The molecule has 1 aliphatic carbocycles. The molecule has 0 amide bonds. The largest absolute Gasteiger partial charge is 0.418 e. The van der Waals surface area contributed by atoms with E-state index in [0.717, 1.165) is 22.9 Å². The van der Waals surface area contributed by atoms with Crippen LogP contribution < -0.4 is 5.56 Å². The van der Waals surface area contributed by atoms with E-state index in [1.165, 1.54) is 12.1 Å². The lowest BCUT2D eigenvalue weighted by molar-refractivity contribution is -0.137. The summed E-state index contributed by atoms with van der Waals surface area (Å²) in [5, 5.41) is 2.49. The standard InChI is InChI=1S/C14H11F5N2O/c15-13(16)7-8(13)5-9-6-12(22)21(20-9)11-4-2-1-3-10(11)14(17,18)19/h1-4,6,8,20H,5,7H2. The molecule has 8 heteroatoms. The molecular weight excluding hydrogens is 307 g/mol. The number of H-pyrrole nitrogens is 1. The molecular formula is C14H11F5N2O. The van der Waals surface area contributed by atoms with Crippen LogP contribution in [0.5, 0.6) is 0 Å². The fourth-order valence-corrected chi connectivity index (χ4v) is 2.39. The van der Waals surface area contributed by atoms with Gasteiger partial charge in [0.1, 0.15) is 0 Å². The van der Waals surface area contributed by atoms with Gasteiger partial charge in [0.25, 0.3) is 11.5 Å². The monoisotopic (exact) mass is 318 g/mol. The van der Waals surface area contributed by atoms with Gasteiger partial charge in [-0.2, -0.15) is 13.2 Å². The van der Waals surface area contributed by atoms with E-state index in [1.54, 1.807) is 0 Å². The van der Waals surface area contributed by atoms with Crippen LogP contribution in [0.3, 0.4) is 0 Å².